The van der Waals surface area contributed by atoms with E-state index in [9.17, 15) is 14.7 Å². The molecule has 0 aliphatic carbocycles. The number of piperidine rings is 1. The van der Waals surface area contributed by atoms with Gasteiger partial charge in [-0.15, -0.1) is 0 Å². The van der Waals surface area contributed by atoms with Crippen LogP contribution in [0.3, 0.4) is 0 Å². The first kappa shape index (κ1) is 9.61. The molecule has 0 radical (unpaired) electrons. The molecule has 2 amide bonds. The van der Waals surface area contributed by atoms with Crippen molar-refractivity contribution in [3.63, 3.8) is 0 Å². The van der Waals surface area contributed by atoms with Gasteiger partial charge in [0.25, 0.3) is 0 Å². The fourth-order valence-electron chi connectivity index (χ4n) is 2.28. The molecule has 0 aromatic carbocycles. The Bertz CT molecular complexity index is 261. The number of carbonyl (C=O) groups excluding carboxylic acids is 2. The molecular formula is C9H14N2O3. The average Bonchev–Trinajstić information content (AvgIpc) is 2.54. The molecule has 0 spiro atoms. The van der Waals surface area contributed by atoms with Gasteiger partial charge in [-0.25, -0.2) is 0 Å². The lowest BCUT2D eigenvalue weighted by Gasteiger charge is -2.30. The SMILES string of the molecule is O=C1CC(O)C(C2CCNC2)C(=O)N1. The molecule has 2 fully saturated rings. The molecular weight excluding hydrogens is 184 g/mol. The zero-order valence-electron chi connectivity index (χ0n) is 7.82. The van der Waals surface area contributed by atoms with Crippen LogP contribution in [0.4, 0.5) is 0 Å². The number of aliphatic hydroxyl groups is 1. The third-order valence-corrected chi connectivity index (χ3v) is 2.98. The molecule has 3 unspecified atom stereocenters. The van der Waals surface area contributed by atoms with Crippen LogP contribution in [0.5, 0.6) is 0 Å². The summed E-state index contributed by atoms with van der Waals surface area (Å²) in [6, 6.07) is 0. The topological polar surface area (TPSA) is 78.4 Å². The van der Waals surface area contributed by atoms with Gasteiger partial charge < -0.3 is 10.4 Å². The van der Waals surface area contributed by atoms with E-state index < -0.39 is 12.0 Å². The standard InChI is InChI=1S/C9H14N2O3/c12-6-3-7(13)11-9(14)8(6)5-1-2-10-4-5/h5-6,8,10,12H,1-4H2,(H,11,13,14). The van der Waals surface area contributed by atoms with Gasteiger partial charge in [-0.05, 0) is 25.4 Å². The minimum atomic E-state index is -0.804. The second kappa shape index (κ2) is 3.67. The summed E-state index contributed by atoms with van der Waals surface area (Å²) in [6.07, 6.45) is 0.136. The smallest absolute Gasteiger partial charge is 0.232 e. The molecule has 0 saturated carbocycles. The number of imide groups is 1. The molecule has 0 bridgehead atoms. The lowest BCUT2D eigenvalue weighted by Crippen LogP contribution is -2.51. The molecule has 14 heavy (non-hydrogen) atoms. The molecule has 0 aromatic heterocycles. The molecule has 5 nitrogen and oxygen atoms in total. The normalized spacial score (nSPS) is 38.5. The lowest BCUT2D eigenvalue weighted by atomic mass is 9.82. The minimum Gasteiger partial charge on any atom is -0.392 e. The predicted molar refractivity (Wildman–Crippen MR) is 48.2 cm³/mol. The lowest BCUT2D eigenvalue weighted by molar-refractivity contribution is -0.144. The van der Waals surface area contributed by atoms with Crippen molar-refractivity contribution in [1.82, 2.24) is 10.6 Å². The molecule has 2 saturated heterocycles. The maximum Gasteiger partial charge on any atom is 0.232 e. The quantitative estimate of drug-likeness (QED) is 0.454. The number of amides is 2. The van der Waals surface area contributed by atoms with Crippen molar-refractivity contribution in [3.8, 4) is 0 Å². The Morgan fingerprint density at radius 1 is 1.36 bits per heavy atom. The molecule has 3 N–H and O–H groups in total. The van der Waals surface area contributed by atoms with E-state index >= 15 is 0 Å². The zero-order chi connectivity index (χ0) is 10.1. The van der Waals surface area contributed by atoms with Crippen molar-refractivity contribution >= 4 is 11.8 Å². The van der Waals surface area contributed by atoms with Gasteiger partial charge >= 0.3 is 0 Å². The van der Waals surface area contributed by atoms with E-state index in [0.29, 0.717) is 0 Å². The highest BCUT2D eigenvalue weighted by molar-refractivity contribution is 5.99. The molecule has 2 heterocycles. The van der Waals surface area contributed by atoms with Crippen molar-refractivity contribution < 1.29 is 14.7 Å². The van der Waals surface area contributed by atoms with Gasteiger partial charge in [0.1, 0.15) is 0 Å². The maximum atomic E-state index is 11.5. The van der Waals surface area contributed by atoms with Crippen LogP contribution in [0.1, 0.15) is 12.8 Å². The summed E-state index contributed by atoms with van der Waals surface area (Å²) < 4.78 is 0. The van der Waals surface area contributed by atoms with E-state index in [1.165, 1.54) is 0 Å². The van der Waals surface area contributed by atoms with E-state index in [1.807, 2.05) is 0 Å². The Balaban J connectivity index is 2.08. The second-order valence-corrected chi connectivity index (χ2v) is 3.96. The summed E-state index contributed by atoms with van der Waals surface area (Å²) in [7, 11) is 0. The summed E-state index contributed by atoms with van der Waals surface area (Å²) >= 11 is 0. The third kappa shape index (κ3) is 1.65. The maximum absolute atomic E-state index is 11.5. The van der Waals surface area contributed by atoms with Crippen LogP contribution in [0.15, 0.2) is 0 Å². The van der Waals surface area contributed by atoms with Crippen LogP contribution < -0.4 is 10.6 Å². The molecule has 0 aromatic rings. The van der Waals surface area contributed by atoms with Gasteiger partial charge in [-0.1, -0.05) is 0 Å². The highest BCUT2D eigenvalue weighted by atomic mass is 16.3. The van der Waals surface area contributed by atoms with E-state index in [4.69, 9.17) is 0 Å². The fourth-order valence-corrected chi connectivity index (χ4v) is 2.28. The zero-order valence-corrected chi connectivity index (χ0v) is 7.82. The first-order valence-electron chi connectivity index (χ1n) is 4.91. The number of carbonyl (C=O) groups is 2. The number of rotatable bonds is 1. The highest BCUT2D eigenvalue weighted by Crippen LogP contribution is 2.26. The first-order chi connectivity index (χ1) is 6.68. The van der Waals surface area contributed by atoms with Crippen LogP contribution in [0, 0.1) is 11.8 Å². The van der Waals surface area contributed by atoms with Crippen LogP contribution >= 0.6 is 0 Å². The van der Waals surface area contributed by atoms with Crippen LogP contribution in [0.25, 0.3) is 0 Å². The third-order valence-electron chi connectivity index (χ3n) is 2.98. The van der Waals surface area contributed by atoms with Crippen molar-refractivity contribution in [2.45, 2.75) is 18.9 Å². The van der Waals surface area contributed by atoms with E-state index in [2.05, 4.69) is 10.6 Å². The predicted octanol–water partition coefficient (Wildman–Crippen LogP) is -1.38. The van der Waals surface area contributed by atoms with Crippen LogP contribution in [-0.4, -0.2) is 36.1 Å². The van der Waals surface area contributed by atoms with Crippen molar-refractivity contribution in [2.75, 3.05) is 13.1 Å². The molecule has 78 valence electrons. The number of nitrogens with one attached hydrogen (secondary N) is 2. The van der Waals surface area contributed by atoms with Gasteiger partial charge in [0, 0.05) is 0 Å². The number of hydrogen-bond donors (Lipinski definition) is 3. The van der Waals surface area contributed by atoms with E-state index in [0.717, 1.165) is 19.5 Å². The van der Waals surface area contributed by atoms with Gasteiger partial charge in [-0.2, -0.15) is 0 Å². The number of hydrogen-bond acceptors (Lipinski definition) is 4. The van der Waals surface area contributed by atoms with Crippen LogP contribution in [0.2, 0.25) is 0 Å². The summed E-state index contributed by atoms with van der Waals surface area (Å²) in [5, 5.41) is 15.1. The van der Waals surface area contributed by atoms with Gasteiger partial charge in [0.05, 0.1) is 18.4 Å². The van der Waals surface area contributed by atoms with Crippen molar-refractivity contribution in [1.29, 1.82) is 0 Å². The van der Waals surface area contributed by atoms with E-state index in [-0.39, 0.29) is 24.2 Å². The Hall–Kier alpha value is -0.940. The average molecular weight is 198 g/mol. The summed E-state index contributed by atoms with van der Waals surface area (Å²) in [6.45, 7) is 1.64. The Morgan fingerprint density at radius 2 is 2.14 bits per heavy atom. The molecule has 2 aliphatic rings. The van der Waals surface area contributed by atoms with Gasteiger partial charge in [0.15, 0.2) is 0 Å². The van der Waals surface area contributed by atoms with E-state index in [1.54, 1.807) is 0 Å². The minimum absolute atomic E-state index is 0.0485. The Labute approximate surface area is 81.9 Å². The summed E-state index contributed by atoms with van der Waals surface area (Å²) in [5.74, 6) is -0.937. The fraction of sp³-hybridized carbons (Fsp3) is 0.778. The summed E-state index contributed by atoms with van der Waals surface area (Å²) in [4.78, 5) is 22.4. The van der Waals surface area contributed by atoms with Gasteiger partial charge in [0.2, 0.25) is 11.8 Å². The molecule has 5 heteroatoms. The van der Waals surface area contributed by atoms with Crippen molar-refractivity contribution in [2.24, 2.45) is 11.8 Å². The Morgan fingerprint density at radius 3 is 2.71 bits per heavy atom. The van der Waals surface area contributed by atoms with Crippen molar-refractivity contribution in [3.05, 3.63) is 0 Å². The van der Waals surface area contributed by atoms with Crippen LogP contribution in [-0.2, 0) is 9.59 Å². The first-order valence-corrected chi connectivity index (χ1v) is 4.91. The number of aliphatic hydroxyl groups excluding tert-OH is 1. The Kier molecular flexibility index (Phi) is 2.52. The highest BCUT2D eigenvalue weighted by Gasteiger charge is 2.40. The molecule has 2 aliphatic heterocycles. The second-order valence-electron chi connectivity index (χ2n) is 3.96. The summed E-state index contributed by atoms with van der Waals surface area (Å²) in [5.41, 5.74) is 0. The monoisotopic (exact) mass is 198 g/mol. The van der Waals surface area contributed by atoms with Gasteiger partial charge in [-0.3, -0.25) is 14.9 Å². The largest absolute Gasteiger partial charge is 0.392 e. The molecule has 2 rings (SSSR count). The molecule has 3 atom stereocenters.